The Labute approximate surface area is 376 Å². The van der Waals surface area contributed by atoms with Crippen LogP contribution in [-0.4, -0.2) is 88.1 Å². The molecule has 0 aromatic heterocycles. The maximum Gasteiger partial charge on any atom is 0.472 e. The van der Waals surface area contributed by atoms with E-state index in [0.717, 1.165) is 83.5 Å². The van der Waals surface area contributed by atoms with Gasteiger partial charge in [-0.05, 0) is 76.5 Å². The van der Waals surface area contributed by atoms with Crippen molar-refractivity contribution in [2.75, 3.05) is 19.8 Å². The second-order valence-corrected chi connectivity index (χ2v) is 17.4. The number of ether oxygens (including phenoxy) is 2. The van der Waals surface area contributed by atoms with Crippen molar-refractivity contribution < 1.29 is 62.5 Å². The van der Waals surface area contributed by atoms with Crippen molar-refractivity contribution in [2.45, 2.75) is 173 Å². The summed E-state index contributed by atoms with van der Waals surface area (Å²) in [6.07, 6.45) is 37.3. The summed E-state index contributed by atoms with van der Waals surface area (Å²) in [4.78, 5) is 58.8. The third kappa shape index (κ3) is 31.1. The quantitative estimate of drug-likeness (QED) is 0.0168. The van der Waals surface area contributed by atoms with Crippen molar-refractivity contribution in [1.29, 1.82) is 0 Å². The number of unbranched alkanes of at least 4 members (excludes halogenated alkanes) is 8. The number of carbonyl (C=O) groups is 4. The van der Waals surface area contributed by atoms with Crippen LogP contribution in [0.4, 0.5) is 0 Å². The average molecular weight is 908 g/mol. The van der Waals surface area contributed by atoms with Crippen LogP contribution in [0.1, 0.15) is 149 Å². The van der Waals surface area contributed by atoms with Crippen LogP contribution in [-0.2, 0) is 42.3 Å². The van der Waals surface area contributed by atoms with Gasteiger partial charge < -0.3 is 35.4 Å². The van der Waals surface area contributed by atoms with Gasteiger partial charge in [0.1, 0.15) is 18.4 Å². The van der Waals surface area contributed by atoms with E-state index in [1.807, 2.05) is 0 Å². The molecule has 0 saturated heterocycles. The van der Waals surface area contributed by atoms with E-state index < -0.39 is 75.8 Å². The zero-order valence-corrected chi connectivity index (χ0v) is 38.7. The molecule has 0 aliphatic heterocycles. The molecule has 7 atom stereocenters. The summed E-state index contributed by atoms with van der Waals surface area (Å²) in [6, 6.07) is -1.57. The highest BCUT2D eigenvalue weighted by Gasteiger charge is 2.39. The highest BCUT2D eigenvalue weighted by atomic mass is 31.2. The molecule has 63 heavy (non-hydrogen) atoms. The van der Waals surface area contributed by atoms with Gasteiger partial charge in [-0.1, -0.05) is 132 Å². The Hall–Kier alpha value is -3.49. The number of aliphatic hydroxyl groups excluding tert-OH is 2. The summed E-state index contributed by atoms with van der Waals surface area (Å²) in [5.41, 5.74) is 5.33. The lowest BCUT2D eigenvalue weighted by Crippen LogP contribution is -2.34. The molecule has 1 rings (SSSR count). The minimum Gasteiger partial charge on any atom is -0.480 e. The number of aliphatic carboxylic acids is 1. The zero-order valence-electron chi connectivity index (χ0n) is 37.9. The van der Waals surface area contributed by atoms with Gasteiger partial charge >= 0.3 is 25.7 Å². The second-order valence-electron chi connectivity index (χ2n) is 15.9. The highest BCUT2D eigenvalue weighted by molar-refractivity contribution is 7.47. The van der Waals surface area contributed by atoms with Gasteiger partial charge in [0.15, 0.2) is 6.10 Å². The maximum absolute atomic E-state index is 12.8. The van der Waals surface area contributed by atoms with Crippen molar-refractivity contribution in [3.05, 3.63) is 72.9 Å². The Balaban J connectivity index is 2.48. The number of Topliss-reactive ketones (excluding diaryl/α,β-unsaturated/α-hetero) is 1. The number of hydrogen-bond donors (Lipinski definition) is 5. The summed E-state index contributed by atoms with van der Waals surface area (Å²) in [5, 5.41) is 29.7. The van der Waals surface area contributed by atoms with Gasteiger partial charge in [0.05, 0.1) is 25.4 Å². The first-order valence-electron chi connectivity index (χ1n) is 23.1. The number of nitrogens with two attached hydrogens (primary N) is 1. The number of phosphoric ester groups is 1. The largest absolute Gasteiger partial charge is 0.480 e. The molecule has 0 radical (unpaired) electrons. The average Bonchev–Trinajstić information content (AvgIpc) is 3.52. The zero-order chi connectivity index (χ0) is 46.6. The molecule has 0 heterocycles. The number of carbonyl (C=O) groups excluding carboxylic acids is 3. The molecular weight excluding hydrogens is 829 g/mol. The highest BCUT2D eigenvalue weighted by Crippen LogP contribution is 2.43. The first-order chi connectivity index (χ1) is 30.3. The molecule has 1 fully saturated rings. The van der Waals surface area contributed by atoms with E-state index in [1.54, 1.807) is 12.2 Å². The minimum atomic E-state index is -4.80. The van der Waals surface area contributed by atoms with Gasteiger partial charge in [-0.2, -0.15) is 0 Å². The standard InChI is InChI=1S/C48H78NO13P/c1-3-5-7-8-9-10-11-12-13-14-15-16-17-18-19-20-21-22-27-31-46(53)59-36-40(37-60-63(57,58)61-38-43(49)48(55)56)62-47(54)32-28-24-23-26-30-41-42(45(52)35-44(41)51)34-33-39(50)29-25-6-4-2/h5,7,9-10,12-13,15-16,18-19,33-34,39-44,50-51H,3-4,6,8,11,14,17,20-32,35-38,49H2,1-2H3,(H,55,56)(H,57,58)/b7-5-,10-9-,13-12-,16-15-,19-18-,34-33+/t39-,40+,41+,42+,43-,44-/m0/s1. The van der Waals surface area contributed by atoms with Crippen LogP contribution < -0.4 is 5.73 Å². The Morgan fingerprint density at radius 1 is 0.762 bits per heavy atom. The van der Waals surface area contributed by atoms with E-state index in [1.165, 1.54) is 0 Å². The van der Waals surface area contributed by atoms with Crippen molar-refractivity contribution in [1.82, 2.24) is 0 Å². The number of ketones is 1. The molecule has 6 N–H and O–H groups in total. The van der Waals surface area contributed by atoms with Gasteiger partial charge in [0.25, 0.3) is 0 Å². The van der Waals surface area contributed by atoms with Crippen molar-refractivity contribution in [3.63, 3.8) is 0 Å². The van der Waals surface area contributed by atoms with Crippen LogP contribution in [0, 0.1) is 11.8 Å². The third-order valence-electron chi connectivity index (χ3n) is 10.3. The fourth-order valence-corrected chi connectivity index (χ4v) is 7.48. The van der Waals surface area contributed by atoms with E-state index in [0.29, 0.717) is 32.1 Å². The Morgan fingerprint density at radius 2 is 1.33 bits per heavy atom. The SMILES string of the molecule is CC/C=C\C/C=C\C/C=C\C/C=C\C/C=C\CCCCCC(=O)OC[C@H](COP(=O)(O)OC[C@H](N)C(=O)O)OC(=O)CCCCCC[C@H]1[C@@H](O)CC(=O)[C@@H]1/C=C/[C@@H](O)CCCCC. The van der Waals surface area contributed by atoms with Gasteiger partial charge in [-0.3, -0.25) is 28.2 Å². The Kier molecular flexibility index (Phi) is 33.6. The lowest BCUT2D eigenvalue weighted by molar-refractivity contribution is -0.161. The smallest absolute Gasteiger partial charge is 0.472 e. The maximum atomic E-state index is 12.8. The molecule has 15 heteroatoms. The first kappa shape index (κ1) is 57.5. The van der Waals surface area contributed by atoms with Gasteiger partial charge in [-0.15, -0.1) is 0 Å². The first-order valence-corrected chi connectivity index (χ1v) is 24.6. The number of rotatable bonds is 38. The summed E-state index contributed by atoms with van der Waals surface area (Å²) >= 11 is 0. The lowest BCUT2D eigenvalue weighted by atomic mass is 9.88. The van der Waals surface area contributed by atoms with E-state index in [-0.39, 0.29) is 31.0 Å². The van der Waals surface area contributed by atoms with Crippen LogP contribution in [0.15, 0.2) is 72.9 Å². The number of esters is 2. The monoisotopic (exact) mass is 908 g/mol. The van der Waals surface area contributed by atoms with Gasteiger partial charge in [0.2, 0.25) is 0 Å². The molecule has 0 aromatic carbocycles. The van der Waals surface area contributed by atoms with Gasteiger partial charge in [-0.25, -0.2) is 4.57 Å². The van der Waals surface area contributed by atoms with Crippen LogP contribution in [0.2, 0.25) is 0 Å². The van der Waals surface area contributed by atoms with Crippen molar-refractivity contribution in [2.24, 2.45) is 17.6 Å². The molecule has 0 amide bonds. The summed E-state index contributed by atoms with van der Waals surface area (Å²) < 4.78 is 32.7. The summed E-state index contributed by atoms with van der Waals surface area (Å²) in [7, 11) is -4.80. The van der Waals surface area contributed by atoms with E-state index >= 15 is 0 Å². The van der Waals surface area contributed by atoms with Crippen LogP contribution in [0.25, 0.3) is 0 Å². The predicted molar refractivity (Wildman–Crippen MR) is 245 cm³/mol. The number of hydrogen-bond acceptors (Lipinski definition) is 12. The fourth-order valence-electron chi connectivity index (χ4n) is 6.70. The predicted octanol–water partition coefficient (Wildman–Crippen LogP) is 9.09. The third-order valence-corrected chi connectivity index (χ3v) is 11.3. The molecule has 0 bridgehead atoms. The lowest BCUT2D eigenvalue weighted by Gasteiger charge is -2.20. The van der Waals surface area contributed by atoms with Crippen LogP contribution in [0.5, 0.6) is 0 Å². The second kappa shape index (κ2) is 36.8. The van der Waals surface area contributed by atoms with Crippen LogP contribution >= 0.6 is 7.82 Å². The molecule has 14 nitrogen and oxygen atoms in total. The Morgan fingerprint density at radius 3 is 1.95 bits per heavy atom. The number of allylic oxidation sites excluding steroid dienone is 11. The Bertz CT molecular complexity index is 1510. The number of carboxylic acid groups (broad SMARTS) is 1. The molecular formula is C48H78NO13P. The minimum absolute atomic E-state index is 0.00884. The topological polar surface area (TPSA) is 229 Å². The number of aliphatic hydroxyl groups is 2. The molecule has 0 aromatic rings. The number of carboxylic acids is 1. The molecule has 1 saturated carbocycles. The van der Waals surface area contributed by atoms with Crippen molar-refractivity contribution in [3.8, 4) is 0 Å². The van der Waals surface area contributed by atoms with E-state index in [4.69, 9.17) is 24.8 Å². The molecule has 1 unspecified atom stereocenters. The van der Waals surface area contributed by atoms with E-state index in [9.17, 15) is 38.8 Å². The van der Waals surface area contributed by atoms with Crippen molar-refractivity contribution >= 4 is 31.5 Å². The molecule has 1 aliphatic rings. The normalized spacial score (nSPS) is 19.6. The van der Waals surface area contributed by atoms with E-state index in [2.05, 4.69) is 79.1 Å². The fraction of sp³-hybridized carbons (Fsp3) is 0.667. The molecule has 358 valence electrons. The van der Waals surface area contributed by atoms with Crippen LogP contribution in [0.3, 0.4) is 0 Å². The molecule has 0 spiro atoms. The summed E-state index contributed by atoms with van der Waals surface area (Å²) in [6.45, 7) is 2.30. The van der Waals surface area contributed by atoms with Gasteiger partial charge in [0, 0.05) is 25.2 Å². The molecule has 1 aliphatic carbocycles. The summed E-state index contributed by atoms with van der Waals surface area (Å²) in [5.74, 6) is -3.31. The number of phosphoric acid groups is 1.